The van der Waals surface area contributed by atoms with Crippen LogP contribution in [0.4, 0.5) is 0 Å². The van der Waals surface area contributed by atoms with Crippen LogP contribution in [0, 0.1) is 6.92 Å². The van der Waals surface area contributed by atoms with Gasteiger partial charge in [0.05, 0.1) is 6.61 Å². The minimum Gasteiger partial charge on any atom is -0.490 e. The summed E-state index contributed by atoms with van der Waals surface area (Å²) in [5, 5.41) is 9.03. The molecule has 0 aliphatic heterocycles. The lowest BCUT2D eigenvalue weighted by Crippen LogP contribution is -2.09. The number of rotatable bonds is 6. The van der Waals surface area contributed by atoms with Crippen molar-refractivity contribution in [2.24, 2.45) is 0 Å². The van der Waals surface area contributed by atoms with Gasteiger partial charge in [0.2, 0.25) is 0 Å². The molecule has 3 nitrogen and oxygen atoms in total. The van der Waals surface area contributed by atoms with Crippen molar-refractivity contribution in [1.82, 2.24) is 0 Å². The SMILES string of the molecule is Cc1cccc(OCCOc2cccc(CO)c2)c1. The fourth-order valence-corrected chi connectivity index (χ4v) is 1.76. The quantitative estimate of drug-likeness (QED) is 0.810. The number of hydrogen-bond donors (Lipinski definition) is 1. The van der Waals surface area contributed by atoms with Crippen LogP contribution in [0.25, 0.3) is 0 Å². The minimum atomic E-state index is 0.0248. The molecule has 1 N–H and O–H groups in total. The van der Waals surface area contributed by atoms with Crippen molar-refractivity contribution in [3.8, 4) is 11.5 Å². The number of aryl methyl sites for hydroxylation is 1. The summed E-state index contributed by atoms with van der Waals surface area (Å²) in [7, 11) is 0. The van der Waals surface area contributed by atoms with E-state index in [-0.39, 0.29) is 6.61 Å². The third-order valence-corrected chi connectivity index (χ3v) is 2.69. The van der Waals surface area contributed by atoms with Crippen molar-refractivity contribution in [1.29, 1.82) is 0 Å². The molecule has 2 rings (SSSR count). The van der Waals surface area contributed by atoms with Crippen LogP contribution in [0.3, 0.4) is 0 Å². The Hall–Kier alpha value is -2.00. The molecular formula is C16H18O3. The van der Waals surface area contributed by atoms with Gasteiger partial charge in [0.15, 0.2) is 0 Å². The van der Waals surface area contributed by atoms with Gasteiger partial charge < -0.3 is 14.6 Å². The Bertz CT molecular complexity index is 523. The normalized spacial score (nSPS) is 10.2. The zero-order chi connectivity index (χ0) is 13.5. The van der Waals surface area contributed by atoms with Gasteiger partial charge in [-0.1, -0.05) is 24.3 Å². The molecule has 0 spiro atoms. The summed E-state index contributed by atoms with van der Waals surface area (Å²) in [5.41, 5.74) is 2.02. The van der Waals surface area contributed by atoms with Gasteiger partial charge in [-0.3, -0.25) is 0 Å². The maximum Gasteiger partial charge on any atom is 0.122 e. The molecule has 0 heterocycles. The molecule has 0 fully saturated rings. The average molecular weight is 258 g/mol. The van der Waals surface area contributed by atoms with E-state index in [9.17, 15) is 0 Å². The van der Waals surface area contributed by atoms with E-state index < -0.39 is 0 Å². The van der Waals surface area contributed by atoms with Gasteiger partial charge in [-0.2, -0.15) is 0 Å². The molecule has 2 aromatic carbocycles. The summed E-state index contributed by atoms with van der Waals surface area (Å²) < 4.78 is 11.2. The van der Waals surface area contributed by atoms with E-state index in [1.807, 2.05) is 55.5 Å². The molecule has 0 unspecified atom stereocenters. The van der Waals surface area contributed by atoms with Crippen molar-refractivity contribution < 1.29 is 14.6 Å². The van der Waals surface area contributed by atoms with E-state index in [1.165, 1.54) is 5.56 Å². The van der Waals surface area contributed by atoms with Crippen molar-refractivity contribution in [3.63, 3.8) is 0 Å². The van der Waals surface area contributed by atoms with Crippen molar-refractivity contribution in [3.05, 3.63) is 59.7 Å². The fraction of sp³-hybridized carbons (Fsp3) is 0.250. The van der Waals surface area contributed by atoms with Gasteiger partial charge in [0.25, 0.3) is 0 Å². The topological polar surface area (TPSA) is 38.7 Å². The second-order valence-electron chi connectivity index (χ2n) is 4.32. The lowest BCUT2D eigenvalue weighted by molar-refractivity contribution is 0.216. The van der Waals surface area contributed by atoms with Gasteiger partial charge >= 0.3 is 0 Å². The monoisotopic (exact) mass is 258 g/mol. The Morgan fingerprint density at radius 3 is 2.16 bits per heavy atom. The van der Waals surface area contributed by atoms with E-state index in [0.717, 1.165) is 17.1 Å². The smallest absolute Gasteiger partial charge is 0.122 e. The zero-order valence-corrected chi connectivity index (χ0v) is 11.0. The molecule has 0 aliphatic carbocycles. The van der Waals surface area contributed by atoms with E-state index in [0.29, 0.717) is 13.2 Å². The molecule has 0 aliphatic rings. The first-order valence-electron chi connectivity index (χ1n) is 6.30. The van der Waals surface area contributed by atoms with E-state index in [2.05, 4.69) is 0 Å². The first-order valence-corrected chi connectivity index (χ1v) is 6.30. The van der Waals surface area contributed by atoms with Crippen LogP contribution in [-0.4, -0.2) is 18.3 Å². The molecule has 0 amide bonds. The molecule has 19 heavy (non-hydrogen) atoms. The van der Waals surface area contributed by atoms with Gasteiger partial charge in [0, 0.05) is 0 Å². The summed E-state index contributed by atoms with van der Waals surface area (Å²) in [5.74, 6) is 1.60. The van der Waals surface area contributed by atoms with Crippen molar-refractivity contribution in [2.75, 3.05) is 13.2 Å². The van der Waals surface area contributed by atoms with Gasteiger partial charge in [-0.05, 0) is 42.3 Å². The second kappa shape index (κ2) is 6.81. The van der Waals surface area contributed by atoms with Gasteiger partial charge in [0.1, 0.15) is 24.7 Å². The van der Waals surface area contributed by atoms with E-state index >= 15 is 0 Å². The first kappa shape index (κ1) is 13.4. The zero-order valence-electron chi connectivity index (χ0n) is 11.0. The Morgan fingerprint density at radius 2 is 1.53 bits per heavy atom. The number of ether oxygens (including phenoxy) is 2. The predicted octanol–water partition coefficient (Wildman–Crippen LogP) is 2.95. The molecule has 0 saturated heterocycles. The lowest BCUT2D eigenvalue weighted by atomic mass is 10.2. The number of aliphatic hydroxyl groups is 1. The summed E-state index contributed by atoms with van der Waals surface area (Å²) >= 11 is 0. The van der Waals surface area contributed by atoms with Crippen LogP contribution in [-0.2, 0) is 6.61 Å². The number of aliphatic hydroxyl groups excluding tert-OH is 1. The summed E-state index contributed by atoms with van der Waals surface area (Å²) in [4.78, 5) is 0. The Morgan fingerprint density at radius 1 is 0.895 bits per heavy atom. The Kier molecular flexibility index (Phi) is 4.81. The molecule has 0 bridgehead atoms. The highest BCUT2D eigenvalue weighted by molar-refractivity contribution is 5.28. The molecule has 0 atom stereocenters. The summed E-state index contributed by atoms with van der Waals surface area (Å²) in [6.07, 6.45) is 0. The molecule has 100 valence electrons. The van der Waals surface area contributed by atoms with E-state index in [4.69, 9.17) is 14.6 Å². The van der Waals surface area contributed by atoms with Gasteiger partial charge in [-0.25, -0.2) is 0 Å². The van der Waals surface area contributed by atoms with Gasteiger partial charge in [-0.15, -0.1) is 0 Å². The summed E-state index contributed by atoms with van der Waals surface area (Å²) in [6.45, 7) is 3.02. The van der Waals surface area contributed by atoms with E-state index in [1.54, 1.807) is 0 Å². The second-order valence-corrected chi connectivity index (χ2v) is 4.32. The maximum absolute atomic E-state index is 9.03. The first-order chi connectivity index (χ1) is 9.28. The van der Waals surface area contributed by atoms with Crippen molar-refractivity contribution >= 4 is 0 Å². The largest absolute Gasteiger partial charge is 0.490 e. The fourth-order valence-electron chi connectivity index (χ4n) is 1.76. The van der Waals surface area contributed by atoms with Crippen LogP contribution in [0.5, 0.6) is 11.5 Å². The molecule has 3 heteroatoms. The van der Waals surface area contributed by atoms with Crippen LogP contribution < -0.4 is 9.47 Å². The third-order valence-electron chi connectivity index (χ3n) is 2.69. The third kappa shape index (κ3) is 4.30. The Labute approximate surface area is 113 Å². The van der Waals surface area contributed by atoms with Crippen LogP contribution >= 0.6 is 0 Å². The standard InChI is InChI=1S/C16H18O3/c1-13-4-2-6-15(10-13)18-8-9-19-16-7-3-5-14(11-16)12-17/h2-7,10-11,17H,8-9,12H2,1H3. The molecule has 2 aromatic rings. The van der Waals surface area contributed by atoms with Crippen LogP contribution in [0.1, 0.15) is 11.1 Å². The molecule has 0 radical (unpaired) electrons. The number of benzene rings is 2. The highest BCUT2D eigenvalue weighted by Crippen LogP contribution is 2.14. The molecule has 0 saturated carbocycles. The predicted molar refractivity (Wildman–Crippen MR) is 74.5 cm³/mol. The number of hydrogen-bond acceptors (Lipinski definition) is 3. The highest BCUT2D eigenvalue weighted by atomic mass is 16.5. The summed E-state index contributed by atoms with van der Waals surface area (Å²) in [6, 6.07) is 15.3. The lowest BCUT2D eigenvalue weighted by Gasteiger charge is -2.09. The minimum absolute atomic E-state index is 0.0248. The highest BCUT2D eigenvalue weighted by Gasteiger charge is 1.97. The molecule has 0 aromatic heterocycles. The average Bonchev–Trinajstić information content (AvgIpc) is 2.44. The molecular weight excluding hydrogens is 240 g/mol. The Balaban J connectivity index is 1.77. The van der Waals surface area contributed by atoms with Crippen molar-refractivity contribution in [2.45, 2.75) is 13.5 Å². The maximum atomic E-state index is 9.03. The van der Waals surface area contributed by atoms with Crippen LogP contribution in [0.2, 0.25) is 0 Å². The van der Waals surface area contributed by atoms with Crippen LogP contribution in [0.15, 0.2) is 48.5 Å².